The van der Waals surface area contributed by atoms with Crippen LogP contribution >= 0.6 is 0 Å². The van der Waals surface area contributed by atoms with Crippen molar-refractivity contribution in [3.63, 3.8) is 0 Å². The molecular weight excluding hydrogens is 380 g/mol. The minimum absolute atomic E-state index is 0.129. The average molecular weight is 409 g/mol. The van der Waals surface area contributed by atoms with Crippen LogP contribution in [0.2, 0.25) is 0 Å². The van der Waals surface area contributed by atoms with Crippen molar-refractivity contribution in [2.24, 2.45) is 5.92 Å². The second-order valence-corrected chi connectivity index (χ2v) is 9.09. The van der Waals surface area contributed by atoms with Crippen LogP contribution in [0.5, 0.6) is 0 Å². The number of aromatic nitrogens is 2. The number of hydrogen-bond acceptors (Lipinski definition) is 4. The number of aryl methyl sites for hydroxylation is 1. The number of piperidine rings is 1. The molecule has 1 amide bonds. The van der Waals surface area contributed by atoms with Gasteiger partial charge in [-0.15, -0.1) is 0 Å². The number of nitrogens with zero attached hydrogens (tertiary/aromatic N) is 3. The molecule has 2 fully saturated rings. The third kappa shape index (κ3) is 3.41. The van der Waals surface area contributed by atoms with Crippen LogP contribution in [0, 0.1) is 12.8 Å². The van der Waals surface area contributed by atoms with Crippen molar-refractivity contribution in [2.45, 2.75) is 45.2 Å². The molecule has 2 aromatic heterocycles. The first kappa shape index (κ1) is 19.3. The lowest BCUT2D eigenvalue weighted by molar-refractivity contribution is 0.0592. The Hall–Kier alpha value is -2.67. The molecule has 158 valence electrons. The van der Waals surface area contributed by atoms with Gasteiger partial charge in [0, 0.05) is 61.3 Å². The number of carbonyl (C=O) groups excluding carboxylic acids is 1. The van der Waals surface area contributed by atoms with Gasteiger partial charge in [-0.1, -0.05) is 6.07 Å². The van der Waals surface area contributed by atoms with Gasteiger partial charge in [-0.05, 0) is 51.3 Å². The summed E-state index contributed by atoms with van der Waals surface area (Å²) in [4.78, 5) is 45.6. The fourth-order valence-corrected chi connectivity index (χ4v) is 5.37. The molecule has 0 radical (unpaired) electrons. The maximum Gasteiger partial charge on any atom is 0.259 e. The molecule has 2 aromatic rings. The number of likely N-dealkylation sites (tertiary alicyclic amines) is 2. The maximum atomic E-state index is 13.2. The largest absolute Gasteiger partial charge is 0.364 e. The lowest BCUT2D eigenvalue weighted by Gasteiger charge is -2.43. The Balaban J connectivity index is 1.39. The Labute approximate surface area is 175 Å². The summed E-state index contributed by atoms with van der Waals surface area (Å²) in [6.07, 6.45) is 4.93. The normalized spacial score (nSPS) is 23.4. The summed E-state index contributed by atoms with van der Waals surface area (Å²) in [5.41, 5.74) is 2.72. The van der Waals surface area contributed by atoms with Gasteiger partial charge in [0.2, 0.25) is 0 Å². The van der Waals surface area contributed by atoms with E-state index in [9.17, 15) is 14.4 Å². The van der Waals surface area contributed by atoms with Gasteiger partial charge in [-0.3, -0.25) is 19.3 Å². The number of H-pyrrole nitrogens is 1. The zero-order chi connectivity index (χ0) is 20.8. The summed E-state index contributed by atoms with van der Waals surface area (Å²) in [5, 5.41) is 0. The van der Waals surface area contributed by atoms with Gasteiger partial charge in [0.15, 0.2) is 5.43 Å². The molecule has 0 saturated carbocycles. The number of carbonyl (C=O) groups is 1. The number of amides is 1. The molecule has 5 heterocycles. The van der Waals surface area contributed by atoms with E-state index in [0.29, 0.717) is 19.6 Å². The molecule has 30 heavy (non-hydrogen) atoms. The van der Waals surface area contributed by atoms with E-state index in [1.165, 1.54) is 25.1 Å². The summed E-state index contributed by atoms with van der Waals surface area (Å²) >= 11 is 0. The standard InChI is InChI=1S/C23H28N4O3/c1-15-8-21(28)19(10-24-15)23(30)26-11-16-9-18(14-26)20-5-4-17(22(29)27(20)12-16)13-25-6-2-3-7-25/h4-5,8,10,16,18H,2-3,6-7,9,11-14H2,1H3,(H,24,28)/t16-,18+/m0/s1. The Morgan fingerprint density at radius 2 is 1.93 bits per heavy atom. The highest BCUT2D eigenvalue weighted by atomic mass is 16.2. The number of rotatable bonds is 3. The molecule has 3 aliphatic rings. The van der Waals surface area contributed by atoms with E-state index in [2.05, 4.69) is 16.0 Å². The van der Waals surface area contributed by atoms with Crippen molar-refractivity contribution in [3.8, 4) is 0 Å². The fraction of sp³-hybridized carbons (Fsp3) is 0.522. The number of nitrogens with one attached hydrogen (secondary N) is 1. The van der Waals surface area contributed by atoms with E-state index >= 15 is 0 Å². The van der Waals surface area contributed by atoms with Gasteiger partial charge < -0.3 is 14.5 Å². The van der Waals surface area contributed by atoms with Gasteiger partial charge in [0.25, 0.3) is 11.5 Å². The van der Waals surface area contributed by atoms with Crippen molar-refractivity contribution in [2.75, 3.05) is 26.2 Å². The number of hydrogen-bond donors (Lipinski definition) is 1. The zero-order valence-electron chi connectivity index (χ0n) is 17.4. The van der Waals surface area contributed by atoms with Crippen LogP contribution in [0.4, 0.5) is 0 Å². The number of aromatic amines is 1. The first-order valence-corrected chi connectivity index (χ1v) is 10.9. The fourth-order valence-electron chi connectivity index (χ4n) is 5.37. The molecular formula is C23H28N4O3. The van der Waals surface area contributed by atoms with E-state index in [0.717, 1.165) is 43.0 Å². The summed E-state index contributed by atoms with van der Waals surface area (Å²) in [6.45, 7) is 6.46. The zero-order valence-corrected chi connectivity index (χ0v) is 17.4. The Morgan fingerprint density at radius 1 is 1.13 bits per heavy atom. The van der Waals surface area contributed by atoms with Gasteiger partial charge in [-0.2, -0.15) is 0 Å². The molecule has 0 aliphatic carbocycles. The highest BCUT2D eigenvalue weighted by Crippen LogP contribution is 2.35. The summed E-state index contributed by atoms with van der Waals surface area (Å²) < 4.78 is 1.95. The SMILES string of the molecule is Cc1cc(=O)c(C(=O)N2C[C@@H]3C[C@H](C2)c2ccc(CN4CCCC4)c(=O)n2C3)c[nH]1. The van der Waals surface area contributed by atoms with E-state index in [1.807, 2.05) is 10.6 Å². The minimum Gasteiger partial charge on any atom is -0.364 e. The highest BCUT2D eigenvalue weighted by molar-refractivity contribution is 5.94. The minimum atomic E-state index is -0.241. The molecule has 3 aliphatic heterocycles. The number of fused-ring (bicyclic) bond motifs is 4. The van der Waals surface area contributed by atoms with Gasteiger partial charge in [0.05, 0.1) is 0 Å². The molecule has 5 rings (SSSR count). The molecule has 0 spiro atoms. The van der Waals surface area contributed by atoms with Crippen LogP contribution in [-0.4, -0.2) is 51.4 Å². The molecule has 2 atom stereocenters. The van der Waals surface area contributed by atoms with Crippen LogP contribution in [0.15, 0.2) is 34.0 Å². The molecule has 2 bridgehead atoms. The molecule has 1 N–H and O–H groups in total. The first-order valence-electron chi connectivity index (χ1n) is 10.9. The monoisotopic (exact) mass is 408 g/mol. The van der Waals surface area contributed by atoms with Crippen LogP contribution in [0.25, 0.3) is 0 Å². The van der Waals surface area contributed by atoms with Crippen molar-refractivity contribution in [1.29, 1.82) is 0 Å². The van der Waals surface area contributed by atoms with E-state index < -0.39 is 0 Å². The summed E-state index contributed by atoms with van der Waals surface area (Å²) in [7, 11) is 0. The Kier molecular flexibility index (Phi) is 4.85. The van der Waals surface area contributed by atoms with E-state index in [-0.39, 0.29) is 34.3 Å². The topological polar surface area (TPSA) is 78.4 Å². The predicted octanol–water partition coefficient (Wildman–Crippen LogP) is 1.70. The lowest BCUT2D eigenvalue weighted by atomic mass is 9.82. The molecule has 0 aromatic carbocycles. The van der Waals surface area contributed by atoms with Crippen molar-refractivity contribution in [3.05, 3.63) is 67.5 Å². The van der Waals surface area contributed by atoms with Crippen LogP contribution in [-0.2, 0) is 13.1 Å². The maximum absolute atomic E-state index is 13.2. The van der Waals surface area contributed by atoms with Gasteiger partial charge >= 0.3 is 0 Å². The second-order valence-electron chi connectivity index (χ2n) is 9.09. The molecule has 7 nitrogen and oxygen atoms in total. The summed E-state index contributed by atoms with van der Waals surface area (Å²) in [6, 6.07) is 5.54. The third-order valence-electron chi connectivity index (χ3n) is 6.85. The van der Waals surface area contributed by atoms with Crippen molar-refractivity contribution < 1.29 is 4.79 Å². The van der Waals surface area contributed by atoms with Crippen LogP contribution in [0.1, 0.15) is 52.5 Å². The average Bonchev–Trinajstić information content (AvgIpc) is 3.23. The predicted molar refractivity (Wildman–Crippen MR) is 114 cm³/mol. The third-order valence-corrected chi connectivity index (χ3v) is 6.85. The van der Waals surface area contributed by atoms with Gasteiger partial charge in [0.1, 0.15) is 5.56 Å². The van der Waals surface area contributed by atoms with Crippen LogP contribution < -0.4 is 11.0 Å². The van der Waals surface area contributed by atoms with E-state index in [1.54, 1.807) is 11.8 Å². The van der Waals surface area contributed by atoms with E-state index in [4.69, 9.17) is 0 Å². The van der Waals surface area contributed by atoms with Crippen molar-refractivity contribution in [1.82, 2.24) is 19.4 Å². The smallest absolute Gasteiger partial charge is 0.259 e. The quantitative estimate of drug-likeness (QED) is 0.839. The summed E-state index contributed by atoms with van der Waals surface area (Å²) in [5.74, 6) is 0.163. The lowest BCUT2D eigenvalue weighted by Crippen LogP contribution is -2.50. The van der Waals surface area contributed by atoms with Crippen LogP contribution in [0.3, 0.4) is 0 Å². The molecule has 7 heteroatoms. The highest BCUT2D eigenvalue weighted by Gasteiger charge is 2.37. The molecule has 2 saturated heterocycles. The molecule has 0 unspecified atom stereocenters. The van der Waals surface area contributed by atoms with Gasteiger partial charge in [-0.25, -0.2) is 0 Å². The Bertz CT molecular complexity index is 1100. The second kappa shape index (κ2) is 7.54. The number of pyridine rings is 2. The first-order chi connectivity index (χ1) is 14.5. The Morgan fingerprint density at radius 3 is 2.70 bits per heavy atom. The van der Waals surface area contributed by atoms with Crippen molar-refractivity contribution >= 4 is 5.91 Å².